The fraction of sp³-hybridized carbons (Fsp3) is 0.579. The zero-order valence-corrected chi connectivity index (χ0v) is 15.9. The van der Waals surface area contributed by atoms with Gasteiger partial charge in [-0.2, -0.15) is 5.10 Å². The Bertz CT molecular complexity index is 741. The van der Waals surface area contributed by atoms with Crippen LogP contribution in [0.15, 0.2) is 24.7 Å². The van der Waals surface area contributed by atoms with Crippen molar-refractivity contribution in [1.82, 2.24) is 24.6 Å². The summed E-state index contributed by atoms with van der Waals surface area (Å²) >= 11 is 0. The molecule has 0 aromatic carbocycles. The fourth-order valence-electron chi connectivity index (χ4n) is 3.56. The molecule has 1 atom stereocenters. The van der Waals surface area contributed by atoms with Crippen molar-refractivity contribution < 1.29 is 4.79 Å². The SMILES string of the molecule is Cc1ccn(CCC(=O)N2CCC[C@@H](Cc3nccnc3N(C)C)C2)n1. The number of nitrogens with zero attached hydrogens (tertiary/aromatic N) is 6. The number of piperidine rings is 1. The van der Waals surface area contributed by atoms with E-state index in [-0.39, 0.29) is 5.91 Å². The van der Waals surface area contributed by atoms with Crippen LogP contribution >= 0.6 is 0 Å². The van der Waals surface area contributed by atoms with E-state index in [1.165, 1.54) is 0 Å². The van der Waals surface area contributed by atoms with Crippen molar-refractivity contribution in [3.63, 3.8) is 0 Å². The molecule has 1 amide bonds. The van der Waals surface area contributed by atoms with Gasteiger partial charge in [-0.05, 0) is 38.2 Å². The van der Waals surface area contributed by atoms with E-state index < -0.39 is 0 Å². The molecule has 3 rings (SSSR count). The molecule has 140 valence electrons. The van der Waals surface area contributed by atoms with Gasteiger partial charge in [0.05, 0.1) is 11.4 Å². The summed E-state index contributed by atoms with van der Waals surface area (Å²) in [4.78, 5) is 25.6. The molecule has 0 N–H and O–H groups in total. The first-order valence-corrected chi connectivity index (χ1v) is 9.28. The average molecular weight is 356 g/mol. The summed E-state index contributed by atoms with van der Waals surface area (Å²) < 4.78 is 1.84. The molecule has 1 aliphatic rings. The van der Waals surface area contributed by atoms with Crippen LogP contribution in [0.25, 0.3) is 0 Å². The van der Waals surface area contributed by atoms with E-state index >= 15 is 0 Å². The molecule has 7 nitrogen and oxygen atoms in total. The third kappa shape index (κ3) is 4.59. The highest BCUT2D eigenvalue weighted by Gasteiger charge is 2.25. The van der Waals surface area contributed by atoms with E-state index in [0.717, 1.165) is 49.6 Å². The molecule has 0 saturated carbocycles. The summed E-state index contributed by atoms with van der Waals surface area (Å²) in [7, 11) is 3.97. The lowest BCUT2D eigenvalue weighted by atomic mass is 9.93. The Kier molecular flexibility index (Phi) is 5.85. The van der Waals surface area contributed by atoms with Crippen molar-refractivity contribution >= 4 is 11.7 Å². The molecule has 1 fully saturated rings. The standard InChI is InChI=1S/C19H28N6O/c1-15-6-11-25(22-15)12-7-18(26)24-10-4-5-16(14-24)13-17-19(23(2)3)21-9-8-20-17/h6,8-9,11,16H,4-5,7,10,12-14H2,1-3H3/t16-/m0/s1. The Morgan fingerprint density at radius 2 is 2.12 bits per heavy atom. The van der Waals surface area contributed by atoms with Crippen LogP contribution in [0, 0.1) is 12.8 Å². The molecule has 1 aliphatic heterocycles. The number of amides is 1. The third-order valence-electron chi connectivity index (χ3n) is 4.86. The highest BCUT2D eigenvalue weighted by atomic mass is 16.2. The van der Waals surface area contributed by atoms with Crippen molar-refractivity contribution in [2.24, 2.45) is 5.92 Å². The van der Waals surface area contributed by atoms with Crippen LogP contribution in [-0.2, 0) is 17.8 Å². The monoisotopic (exact) mass is 356 g/mol. The molecule has 2 aromatic heterocycles. The number of hydrogen-bond donors (Lipinski definition) is 0. The Morgan fingerprint density at radius 1 is 1.31 bits per heavy atom. The number of anilines is 1. The molecule has 3 heterocycles. The largest absolute Gasteiger partial charge is 0.361 e. The maximum atomic E-state index is 12.6. The summed E-state index contributed by atoms with van der Waals surface area (Å²) in [5.41, 5.74) is 2.00. The summed E-state index contributed by atoms with van der Waals surface area (Å²) in [6.07, 6.45) is 8.96. The molecular formula is C19H28N6O. The lowest BCUT2D eigenvalue weighted by Crippen LogP contribution is -2.41. The zero-order chi connectivity index (χ0) is 18.5. The topological polar surface area (TPSA) is 67.2 Å². The quantitative estimate of drug-likeness (QED) is 0.791. The van der Waals surface area contributed by atoms with Gasteiger partial charge in [0.25, 0.3) is 0 Å². The molecule has 0 bridgehead atoms. The van der Waals surface area contributed by atoms with Gasteiger partial charge < -0.3 is 9.80 Å². The third-order valence-corrected chi connectivity index (χ3v) is 4.86. The predicted molar refractivity (Wildman–Crippen MR) is 101 cm³/mol. The highest BCUT2D eigenvalue weighted by Crippen LogP contribution is 2.24. The van der Waals surface area contributed by atoms with Crippen LogP contribution in [0.5, 0.6) is 0 Å². The summed E-state index contributed by atoms with van der Waals surface area (Å²) in [5, 5.41) is 4.35. The lowest BCUT2D eigenvalue weighted by molar-refractivity contribution is -0.133. The van der Waals surface area contributed by atoms with E-state index in [1.807, 2.05) is 47.8 Å². The summed E-state index contributed by atoms with van der Waals surface area (Å²) in [5.74, 6) is 1.58. The first-order valence-electron chi connectivity index (χ1n) is 9.28. The van der Waals surface area contributed by atoms with Gasteiger partial charge in [0, 0.05) is 58.7 Å². The lowest BCUT2D eigenvalue weighted by Gasteiger charge is -2.33. The molecule has 26 heavy (non-hydrogen) atoms. The number of likely N-dealkylation sites (tertiary alicyclic amines) is 1. The first kappa shape index (κ1) is 18.4. The van der Waals surface area contributed by atoms with E-state index in [9.17, 15) is 4.79 Å². The second-order valence-corrected chi connectivity index (χ2v) is 7.24. The average Bonchev–Trinajstić information content (AvgIpc) is 3.05. The van der Waals surface area contributed by atoms with Crippen LogP contribution in [0.4, 0.5) is 5.82 Å². The maximum Gasteiger partial charge on any atom is 0.224 e. The van der Waals surface area contributed by atoms with E-state index in [0.29, 0.717) is 18.9 Å². The molecule has 0 aliphatic carbocycles. The Balaban J connectivity index is 1.56. The van der Waals surface area contributed by atoms with Crippen molar-refractivity contribution in [2.45, 2.75) is 39.2 Å². The van der Waals surface area contributed by atoms with Crippen molar-refractivity contribution in [2.75, 3.05) is 32.1 Å². The van der Waals surface area contributed by atoms with Crippen LogP contribution in [-0.4, -0.2) is 57.7 Å². The number of carbonyl (C=O) groups excluding carboxylic acids is 1. The van der Waals surface area contributed by atoms with E-state index in [1.54, 1.807) is 12.4 Å². The molecule has 0 spiro atoms. The summed E-state index contributed by atoms with van der Waals surface area (Å²) in [6.45, 7) is 4.26. The van der Waals surface area contributed by atoms with Crippen LogP contribution in [0.2, 0.25) is 0 Å². The molecule has 0 radical (unpaired) electrons. The van der Waals surface area contributed by atoms with Crippen LogP contribution in [0.1, 0.15) is 30.7 Å². The normalized spacial score (nSPS) is 17.3. The minimum absolute atomic E-state index is 0.217. The van der Waals surface area contributed by atoms with Crippen LogP contribution < -0.4 is 4.90 Å². The maximum absolute atomic E-state index is 12.6. The smallest absolute Gasteiger partial charge is 0.224 e. The number of carbonyl (C=O) groups is 1. The fourth-order valence-corrected chi connectivity index (χ4v) is 3.56. The minimum atomic E-state index is 0.217. The number of hydrogen-bond acceptors (Lipinski definition) is 5. The second-order valence-electron chi connectivity index (χ2n) is 7.24. The van der Waals surface area contributed by atoms with Crippen molar-refractivity contribution in [3.8, 4) is 0 Å². The summed E-state index contributed by atoms with van der Waals surface area (Å²) in [6, 6.07) is 1.96. The predicted octanol–water partition coefficient (Wildman–Crippen LogP) is 1.92. The van der Waals surface area contributed by atoms with Gasteiger partial charge in [-0.3, -0.25) is 14.5 Å². The van der Waals surface area contributed by atoms with Gasteiger partial charge >= 0.3 is 0 Å². The molecule has 2 aromatic rings. The van der Waals surface area contributed by atoms with Gasteiger partial charge in [0.15, 0.2) is 0 Å². The van der Waals surface area contributed by atoms with Gasteiger partial charge in [-0.25, -0.2) is 4.98 Å². The first-order chi connectivity index (χ1) is 12.5. The van der Waals surface area contributed by atoms with Gasteiger partial charge in [-0.1, -0.05) is 0 Å². The Hall–Kier alpha value is -2.44. The van der Waals surface area contributed by atoms with E-state index in [4.69, 9.17) is 0 Å². The Morgan fingerprint density at radius 3 is 2.85 bits per heavy atom. The van der Waals surface area contributed by atoms with Gasteiger partial charge in [-0.15, -0.1) is 0 Å². The minimum Gasteiger partial charge on any atom is -0.361 e. The molecule has 0 unspecified atom stereocenters. The van der Waals surface area contributed by atoms with Gasteiger partial charge in [0.1, 0.15) is 5.82 Å². The molecular weight excluding hydrogens is 328 g/mol. The highest BCUT2D eigenvalue weighted by molar-refractivity contribution is 5.76. The van der Waals surface area contributed by atoms with E-state index in [2.05, 4.69) is 15.1 Å². The van der Waals surface area contributed by atoms with Gasteiger partial charge in [0.2, 0.25) is 5.91 Å². The second kappa shape index (κ2) is 8.29. The van der Waals surface area contributed by atoms with Crippen molar-refractivity contribution in [3.05, 3.63) is 36.0 Å². The zero-order valence-electron chi connectivity index (χ0n) is 15.9. The number of rotatable bonds is 6. The van der Waals surface area contributed by atoms with Crippen molar-refractivity contribution in [1.29, 1.82) is 0 Å². The number of aromatic nitrogens is 4. The Labute approximate surface area is 155 Å². The molecule has 1 saturated heterocycles. The number of aryl methyl sites for hydroxylation is 2. The van der Waals surface area contributed by atoms with Crippen LogP contribution in [0.3, 0.4) is 0 Å². The molecule has 7 heteroatoms.